The van der Waals surface area contributed by atoms with Gasteiger partial charge in [0.1, 0.15) is 5.69 Å². The van der Waals surface area contributed by atoms with Crippen LogP contribution in [0.3, 0.4) is 0 Å². The number of hydrogen-bond acceptors (Lipinski definition) is 3. The van der Waals surface area contributed by atoms with Crippen molar-refractivity contribution in [2.24, 2.45) is 0 Å². The van der Waals surface area contributed by atoms with Crippen molar-refractivity contribution in [2.75, 3.05) is 0 Å². The monoisotopic (exact) mass is 144 g/mol. The summed E-state index contributed by atoms with van der Waals surface area (Å²) < 4.78 is 3.70. The fraction of sp³-hybridized carbons (Fsp3) is 0. The Bertz CT molecular complexity index is 182. The lowest BCUT2D eigenvalue weighted by Gasteiger charge is -1.75. The molecule has 1 radical (unpaired) electrons. The van der Waals surface area contributed by atoms with Crippen LogP contribution in [0.1, 0.15) is 10.5 Å². The first-order valence-corrected chi connectivity index (χ1v) is 3.17. The fourth-order valence-electron chi connectivity index (χ4n) is 0.318. The average Bonchev–Trinajstić information content (AvgIpc) is 2.12. The summed E-state index contributed by atoms with van der Waals surface area (Å²) in [7, 11) is 0. The van der Waals surface area contributed by atoms with Gasteiger partial charge in [0.15, 0.2) is 0 Å². The van der Waals surface area contributed by atoms with Gasteiger partial charge in [0.05, 0.1) is 0 Å². The maximum Gasteiger partial charge on any atom is 0.268 e. The number of carbonyl (C=O) groups is 1. The van der Waals surface area contributed by atoms with Gasteiger partial charge in [0.2, 0.25) is 0 Å². The van der Waals surface area contributed by atoms with Crippen molar-refractivity contribution >= 4 is 29.3 Å². The standard InChI is InChI=1S/C4H2NOS2/c6-4(7)3-1-2-8-5-3/h1-2H. The zero-order valence-electron chi connectivity index (χ0n) is 3.83. The molecule has 0 saturated heterocycles. The van der Waals surface area contributed by atoms with Crippen molar-refractivity contribution in [3.8, 4) is 0 Å². The van der Waals surface area contributed by atoms with Crippen molar-refractivity contribution in [1.82, 2.24) is 4.37 Å². The van der Waals surface area contributed by atoms with Crippen molar-refractivity contribution in [2.45, 2.75) is 0 Å². The van der Waals surface area contributed by atoms with Crippen LogP contribution in [0.25, 0.3) is 0 Å². The summed E-state index contributed by atoms with van der Waals surface area (Å²) in [6.07, 6.45) is 0. The molecule has 0 aliphatic rings. The topological polar surface area (TPSA) is 30.0 Å². The van der Waals surface area contributed by atoms with Crippen LogP contribution in [0, 0.1) is 0 Å². The van der Waals surface area contributed by atoms with Gasteiger partial charge in [-0.1, -0.05) is 0 Å². The molecule has 0 atom stereocenters. The molecule has 0 bridgehead atoms. The third-order valence-electron chi connectivity index (χ3n) is 0.647. The number of aromatic nitrogens is 1. The van der Waals surface area contributed by atoms with Crippen LogP contribution in [0.15, 0.2) is 11.4 Å². The molecule has 0 fully saturated rings. The molecule has 0 amide bonds. The summed E-state index contributed by atoms with van der Waals surface area (Å²) in [6, 6.07) is 1.61. The van der Waals surface area contributed by atoms with Gasteiger partial charge in [-0.3, -0.25) is 4.79 Å². The Morgan fingerprint density at radius 1 is 1.88 bits per heavy atom. The van der Waals surface area contributed by atoms with Crippen molar-refractivity contribution in [3.63, 3.8) is 0 Å². The van der Waals surface area contributed by atoms with Gasteiger partial charge in [0, 0.05) is 5.38 Å². The zero-order valence-corrected chi connectivity index (χ0v) is 5.46. The largest absolute Gasteiger partial charge is 0.274 e. The molecule has 1 aromatic rings. The zero-order chi connectivity index (χ0) is 5.98. The number of hydrogen-bond donors (Lipinski definition) is 0. The molecule has 0 unspecified atom stereocenters. The quantitative estimate of drug-likeness (QED) is 0.597. The van der Waals surface area contributed by atoms with Crippen LogP contribution in [0.5, 0.6) is 0 Å². The van der Waals surface area contributed by atoms with Gasteiger partial charge < -0.3 is 0 Å². The van der Waals surface area contributed by atoms with E-state index in [0.29, 0.717) is 5.69 Å². The molecule has 2 nitrogen and oxygen atoms in total. The minimum Gasteiger partial charge on any atom is -0.274 e. The minimum atomic E-state index is -0.383. The third-order valence-corrected chi connectivity index (χ3v) is 1.42. The highest BCUT2D eigenvalue weighted by Gasteiger charge is 2.00. The van der Waals surface area contributed by atoms with E-state index in [0.717, 1.165) is 0 Å². The van der Waals surface area contributed by atoms with E-state index < -0.39 is 0 Å². The minimum absolute atomic E-state index is 0.380. The van der Waals surface area contributed by atoms with E-state index in [4.69, 9.17) is 0 Å². The molecule has 0 aliphatic heterocycles. The van der Waals surface area contributed by atoms with Crippen molar-refractivity contribution < 1.29 is 4.79 Å². The smallest absolute Gasteiger partial charge is 0.268 e. The molecular formula is C4H2NOS2. The van der Waals surface area contributed by atoms with Gasteiger partial charge in [-0.2, -0.15) is 4.37 Å². The highest BCUT2D eigenvalue weighted by molar-refractivity contribution is 7.97. The maximum absolute atomic E-state index is 10.3. The van der Waals surface area contributed by atoms with Crippen molar-refractivity contribution in [1.29, 1.82) is 0 Å². The highest BCUT2D eigenvalue weighted by Crippen LogP contribution is 2.01. The van der Waals surface area contributed by atoms with Gasteiger partial charge in [-0.05, 0) is 30.2 Å². The molecule has 0 aromatic carbocycles. The maximum atomic E-state index is 10.3. The van der Waals surface area contributed by atoms with Gasteiger partial charge in [-0.15, -0.1) is 0 Å². The van der Waals surface area contributed by atoms with E-state index in [-0.39, 0.29) is 5.12 Å². The van der Waals surface area contributed by atoms with Crippen LogP contribution in [-0.4, -0.2) is 9.49 Å². The summed E-state index contributed by atoms with van der Waals surface area (Å²) in [5.74, 6) is 0. The Morgan fingerprint density at radius 2 is 2.62 bits per heavy atom. The second-order valence-corrected chi connectivity index (χ2v) is 2.21. The second kappa shape index (κ2) is 2.19. The number of carbonyl (C=O) groups excluding carboxylic acids is 1. The van der Waals surface area contributed by atoms with Gasteiger partial charge >= 0.3 is 0 Å². The molecule has 0 aliphatic carbocycles. The summed E-state index contributed by atoms with van der Waals surface area (Å²) in [4.78, 5) is 10.3. The first kappa shape index (κ1) is 5.65. The van der Waals surface area contributed by atoms with Crippen LogP contribution < -0.4 is 0 Å². The van der Waals surface area contributed by atoms with Crippen LogP contribution in [0.2, 0.25) is 0 Å². The van der Waals surface area contributed by atoms with E-state index in [1.165, 1.54) is 11.5 Å². The molecular weight excluding hydrogens is 142 g/mol. The molecule has 0 saturated carbocycles. The van der Waals surface area contributed by atoms with E-state index in [1.807, 2.05) is 0 Å². The normalized spacial score (nSPS) is 9.00. The SMILES string of the molecule is O=C([S])c1ccsn1. The lowest BCUT2D eigenvalue weighted by Crippen LogP contribution is -1.84. The van der Waals surface area contributed by atoms with E-state index in [1.54, 1.807) is 11.4 Å². The average molecular weight is 144 g/mol. The lowest BCUT2D eigenvalue weighted by molar-refractivity contribution is 0.108. The Hall–Kier alpha value is -0.480. The molecule has 1 aromatic heterocycles. The molecule has 41 valence electrons. The first-order chi connectivity index (χ1) is 3.80. The summed E-state index contributed by atoms with van der Waals surface area (Å²) in [5.41, 5.74) is 0.380. The van der Waals surface area contributed by atoms with Gasteiger partial charge in [-0.25, -0.2) is 0 Å². The molecule has 1 heterocycles. The third kappa shape index (κ3) is 1.02. The first-order valence-electron chi connectivity index (χ1n) is 1.92. The Morgan fingerprint density at radius 3 is 2.88 bits per heavy atom. The fourth-order valence-corrected chi connectivity index (χ4v) is 0.997. The molecule has 1 rings (SSSR count). The number of nitrogens with zero attached hydrogens (tertiary/aromatic N) is 1. The molecule has 8 heavy (non-hydrogen) atoms. The Kier molecular flexibility index (Phi) is 1.55. The summed E-state index contributed by atoms with van der Waals surface area (Å²) in [6.45, 7) is 0. The van der Waals surface area contributed by atoms with Crippen LogP contribution >= 0.6 is 24.2 Å². The predicted molar refractivity (Wildman–Crippen MR) is 34.0 cm³/mol. The number of rotatable bonds is 1. The molecule has 0 N–H and O–H groups in total. The summed E-state index contributed by atoms with van der Waals surface area (Å²) in [5, 5.41) is 1.34. The highest BCUT2D eigenvalue weighted by atomic mass is 32.1. The Labute approximate surface area is 56.1 Å². The van der Waals surface area contributed by atoms with Crippen LogP contribution in [0.4, 0.5) is 0 Å². The summed E-state index contributed by atoms with van der Waals surface area (Å²) >= 11 is 5.53. The van der Waals surface area contributed by atoms with E-state index >= 15 is 0 Å². The molecule has 4 heteroatoms. The molecule has 0 spiro atoms. The van der Waals surface area contributed by atoms with Crippen LogP contribution in [-0.2, 0) is 0 Å². The van der Waals surface area contributed by atoms with E-state index in [9.17, 15) is 4.79 Å². The lowest BCUT2D eigenvalue weighted by atomic mass is 10.5. The van der Waals surface area contributed by atoms with Crippen molar-refractivity contribution in [3.05, 3.63) is 17.1 Å². The Balaban J connectivity index is 2.93. The predicted octanol–water partition coefficient (Wildman–Crippen LogP) is 1.48. The van der Waals surface area contributed by atoms with E-state index in [2.05, 4.69) is 17.0 Å². The van der Waals surface area contributed by atoms with Gasteiger partial charge in [0.25, 0.3) is 5.12 Å². The second-order valence-electron chi connectivity index (χ2n) is 1.17.